The zero-order valence-electron chi connectivity index (χ0n) is 38.0. The van der Waals surface area contributed by atoms with Crippen molar-refractivity contribution in [3.05, 3.63) is 71.2 Å². The number of nitrogens with zero attached hydrogens (tertiary/aromatic N) is 11. The first-order chi connectivity index (χ1) is 31.8. The molecule has 4 aliphatic rings. The van der Waals surface area contributed by atoms with Crippen LogP contribution in [0.25, 0.3) is 33.7 Å². The summed E-state index contributed by atoms with van der Waals surface area (Å²) in [6, 6.07) is 10.7. The Bertz CT molecular complexity index is 2630. The largest absolute Gasteiger partial charge is 0.387 e. The van der Waals surface area contributed by atoms with Crippen LogP contribution in [-0.2, 0) is 16.0 Å². The van der Waals surface area contributed by atoms with Gasteiger partial charge >= 0.3 is 0 Å². The standard InChI is InChI=1S/C24H31FN6O4.C22H29FN6O2.CH4/c1-15(2)20-17-4-3-5-18(25)21(17)31(27-20)23-26-22(35-28-23)24(34)8-12-29(13-9-24)16-6-10-30(11-7-16)19(33)14-32;1-14(2)18-16-4-3-5-17(23)19(16)29(26-18)21-25-20(31-27-21)22(30)8-12-28(13-9-22)15-6-10-24-11-7-15;/h3-5,15-16,32,34H,6-14H2,1-2H3;3-5,14-15,24,30H,6-13H2,1-2H3;1H4. The van der Waals surface area contributed by atoms with E-state index >= 15 is 0 Å². The highest BCUT2D eigenvalue weighted by atomic mass is 19.1. The van der Waals surface area contributed by atoms with E-state index in [1.165, 1.54) is 21.5 Å². The minimum atomic E-state index is -1.27. The van der Waals surface area contributed by atoms with E-state index in [0.29, 0.717) is 74.8 Å². The molecule has 362 valence electrons. The monoisotopic (exact) mass is 931 g/mol. The maximum atomic E-state index is 14.7. The summed E-state index contributed by atoms with van der Waals surface area (Å²) in [5.41, 5.74) is -0.309. The Labute approximate surface area is 388 Å². The molecule has 20 heteroatoms. The van der Waals surface area contributed by atoms with Gasteiger partial charge in [0.15, 0.2) is 0 Å². The van der Waals surface area contributed by atoms with Crippen LogP contribution in [0.15, 0.2) is 45.4 Å². The molecular formula is C47H64F2N12O6. The van der Waals surface area contributed by atoms with Gasteiger partial charge in [0, 0.05) is 62.1 Å². The number of likely N-dealkylation sites (tertiary alicyclic amines) is 3. The van der Waals surface area contributed by atoms with Crippen LogP contribution >= 0.6 is 0 Å². The van der Waals surface area contributed by atoms with Gasteiger partial charge in [-0.05, 0) is 98.7 Å². The van der Waals surface area contributed by atoms with E-state index in [9.17, 15) is 23.8 Å². The first kappa shape index (κ1) is 48.2. The zero-order chi connectivity index (χ0) is 46.3. The summed E-state index contributed by atoms with van der Waals surface area (Å²) < 4.78 is 43.1. The van der Waals surface area contributed by atoms with Crippen molar-refractivity contribution in [2.24, 2.45) is 0 Å². The minimum Gasteiger partial charge on any atom is -0.387 e. The van der Waals surface area contributed by atoms with Gasteiger partial charge in [-0.15, -0.1) is 0 Å². The number of para-hydroxylation sites is 2. The van der Waals surface area contributed by atoms with Gasteiger partial charge in [0.2, 0.25) is 5.91 Å². The summed E-state index contributed by atoms with van der Waals surface area (Å²) in [6.45, 7) is 13.8. The lowest BCUT2D eigenvalue weighted by molar-refractivity contribution is -0.136. The van der Waals surface area contributed by atoms with E-state index in [1.807, 2.05) is 39.8 Å². The number of carbonyl (C=O) groups excluding carboxylic acids is 1. The summed E-state index contributed by atoms with van der Waals surface area (Å²) >= 11 is 0. The van der Waals surface area contributed by atoms with Crippen LogP contribution in [0, 0.1) is 11.6 Å². The number of carbonyl (C=O) groups is 1. The van der Waals surface area contributed by atoms with Crippen LogP contribution in [-0.4, -0.2) is 147 Å². The number of rotatable bonds is 9. The number of aliphatic hydroxyl groups excluding tert-OH is 1. The lowest BCUT2D eigenvalue weighted by atomic mass is 9.89. The lowest BCUT2D eigenvalue weighted by Gasteiger charge is -2.43. The Kier molecular flexibility index (Phi) is 14.2. The Morgan fingerprint density at radius 1 is 0.701 bits per heavy atom. The highest BCUT2D eigenvalue weighted by Crippen LogP contribution is 2.37. The molecule has 4 N–H and O–H groups in total. The van der Waals surface area contributed by atoms with Gasteiger partial charge in [0.1, 0.15) is 40.5 Å². The zero-order valence-corrected chi connectivity index (χ0v) is 38.0. The molecule has 0 spiro atoms. The number of hydrogen-bond donors (Lipinski definition) is 4. The molecule has 18 nitrogen and oxygen atoms in total. The first-order valence-electron chi connectivity index (χ1n) is 23.3. The number of benzene rings is 2. The Morgan fingerprint density at radius 3 is 1.52 bits per heavy atom. The van der Waals surface area contributed by atoms with Crippen LogP contribution in [0.4, 0.5) is 8.78 Å². The smallest absolute Gasteiger partial charge is 0.291 e. The number of aromatic nitrogens is 8. The van der Waals surface area contributed by atoms with Crippen molar-refractivity contribution in [2.75, 3.05) is 59.0 Å². The second-order valence-electron chi connectivity index (χ2n) is 18.9. The topological polar surface area (TPSA) is 213 Å². The van der Waals surface area contributed by atoms with E-state index < -0.39 is 29.4 Å². The molecule has 4 saturated heterocycles. The summed E-state index contributed by atoms with van der Waals surface area (Å²) in [5, 5.41) is 53.6. The summed E-state index contributed by atoms with van der Waals surface area (Å²) in [7, 11) is 0. The molecule has 0 radical (unpaired) electrons. The number of aliphatic hydroxyl groups is 3. The van der Waals surface area contributed by atoms with Gasteiger partial charge in [0.05, 0.1) is 11.4 Å². The van der Waals surface area contributed by atoms with Crippen LogP contribution in [0.1, 0.15) is 121 Å². The van der Waals surface area contributed by atoms with E-state index in [1.54, 1.807) is 17.0 Å². The molecule has 6 aromatic rings. The fraction of sp³-hybridized carbons (Fsp3) is 0.596. The molecule has 0 aliphatic carbocycles. The van der Waals surface area contributed by atoms with Gasteiger partial charge in [-0.3, -0.25) is 4.79 Å². The molecule has 0 atom stereocenters. The van der Waals surface area contributed by atoms with E-state index in [4.69, 9.17) is 14.2 Å². The minimum absolute atomic E-state index is 0. The van der Waals surface area contributed by atoms with Crippen LogP contribution in [0.3, 0.4) is 0 Å². The highest BCUT2D eigenvalue weighted by Gasteiger charge is 2.43. The molecule has 0 saturated carbocycles. The van der Waals surface area contributed by atoms with Crippen molar-refractivity contribution in [2.45, 2.75) is 122 Å². The molecular weight excluding hydrogens is 867 g/mol. The molecule has 4 aliphatic heterocycles. The van der Waals surface area contributed by atoms with E-state index in [2.05, 4.69) is 45.6 Å². The summed E-state index contributed by atoms with van der Waals surface area (Å²) in [5.74, 6) is -0.321. The number of amides is 1. The predicted molar refractivity (Wildman–Crippen MR) is 245 cm³/mol. The molecule has 10 rings (SSSR count). The Balaban J connectivity index is 0.000000180. The van der Waals surface area contributed by atoms with Gasteiger partial charge in [0.25, 0.3) is 23.7 Å². The Hall–Kier alpha value is -5.25. The van der Waals surface area contributed by atoms with Gasteiger partial charge < -0.3 is 44.4 Å². The third-order valence-electron chi connectivity index (χ3n) is 14.0. The average molecular weight is 931 g/mol. The third-order valence-corrected chi connectivity index (χ3v) is 14.0. The SMILES string of the molecule is C.CC(C)c1nn(-c2noc(C3(O)CCN(C4CCN(C(=O)CO)CC4)CC3)n2)c2c(F)cccc12.CC(C)c1nn(-c2noc(C3(O)CCN(C4CCNCC4)CC3)n2)c2c(F)cccc12. The fourth-order valence-corrected chi connectivity index (χ4v) is 10.1. The van der Waals surface area contributed by atoms with Gasteiger partial charge in [-0.25, -0.2) is 8.78 Å². The number of fused-ring (bicyclic) bond motifs is 2. The van der Waals surface area contributed by atoms with Crippen LogP contribution in [0.5, 0.6) is 0 Å². The summed E-state index contributed by atoms with van der Waals surface area (Å²) in [4.78, 5) is 27.1. The second kappa shape index (κ2) is 19.8. The molecule has 0 bridgehead atoms. The number of hydrogen-bond acceptors (Lipinski definition) is 15. The lowest BCUT2D eigenvalue weighted by Crippen LogP contribution is -2.51. The van der Waals surface area contributed by atoms with Crippen molar-refractivity contribution in [3.8, 4) is 11.9 Å². The Morgan fingerprint density at radius 2 is 1.12 bits per heavy atom. The molecule has 8 heterocycles. The van der Waals surface area contributed by atoms with Crippen molar-refractivity contribution in [1.29, 1.82) is 0 Å². The fourth-order valence-electron chi connectivity index (χ4n) is 10.1. The number of piperidine rings is 4. The van der Waals surface area contributed by atoms with E-state index in [0.717, 1.165) is 68.6 Å². The van der Waals surface area contributed by atoms with Crippen LogP contribution < -0.4 is 5.32 Å². The highest BCUT2D eigenvalue weighted by molar-refractivity contribution is 5.85. The van der Waals surface area contributed by atoms with Crippen molar-refractivity contribution in [3.63, 3.8) is 0 Å². The summed E-state index contributed by atoms with van der Waals surface area (Å²) in [6.07, 6.45) is 5.87. The van der Waals surface area contributed by atoms with Crippen molar-refractivity contribution >= 4 is 27.7 Å². The second-order valence-corrected chi connectivity index (χ2v) is 18.9. The normalized spacial score (nSPS) is 19.8. The molecule has 4 aromatic heterocycles. The molecule has 1 amide bonds. The quantitative estimate of drug-likeness (QED) is 0.145. The van der Waals surface area contributed by atoms with Gasteiger partial charge in [-0.1, -0.05) is 59.4 Å². The first-order valence-corrected chi connectivity index (χ1v) is 23.3. The predicted octanol–water partition coefficient (Wildman–Crippen LogP) is 5.28. The van der Waals surface area contributed by atoms with E-state index in [-0.39, 0.29) is 54.4 Å². The molecule has 67 heavy (non-hydrogen) atoms. The number of nitrogens with one attached hydrogen (secondary N) is 1. The van der Waals surface area contributed by atoms with Crippen molar-refractivity contribution in [1.82, 2.24) is 59.9 Å². The molecule has 2 aromatic carbocycles. The molecule has 4 fully saturated rings. The molecule has 0 unspecified atom stereocenters. The maximum absolute atomic E-state index is 14.7. The van der Waals surface area contributed by atoms with Crippen molar-refractivity contribution < 1.29 is 37.9 Å². The number of halogens is 2. The third kappa shape index (κ3) is 9.48. The van der Waals surface area contributed by atoms with Crippen LogP contribution in [0.2, 0.25) is 0 Å². The maximum Gasteiger partial charge on any atom is 0.291 e. The average Bonchev–Trinajstić information content (AvgIpc) is 4.16. The van der Waals surface area contributed by atoms with Gasteiger partial charge in [-0.2, -0.15) is 29.5 Å².